The molecule has 4 rings (SSSR count). The quantitative estimate of drug-likeness (QED) is 0.300. The van der Waals surface area contributed by atoms with Gasteiger partial charge >= 0.3 is 0 Å². The molecule has 2 heterocycles. The average Bonchev–Trinajstić information content (AvgIpc) is 3.30. The normalized spacial score (nSPS) is 12.5. The maximum absolute atomic E-state index is 13.4. The largest absolute Gasteiger partial charge is 0.369 e. The molecule has 0 aliphatic heterocycles. The van der Waals surface area contributed by atoms with Crippen molar-refractivity contribution >= 4 is 43.6 Å². The molecule has 0 aliphatic rings. The van der Waals surface area contributed by atoms with Crippen molar-refractivity contribution < 1.29 is 13.0 Å². The van der Waals surface area contributed by atoms with E-state index in [0.29, 0.717) is 27.7 Å². The molecule has 2 aromatic heterocycles. The lowest BCUT2D eigenvalue weighted by atomic mass is 10.1. The molecule has 2 aromatic carbocycles. The number of para-hydroxylation sites is 1. The first-order valence-corrected chi connectivity index (χ1v) is 9.54. The third kappa shape index (κ3) is 2.77. The molecule has 4 N–H and O–H groups in total. The van der Waals surface area contributed by atoms with E-state index in [-0.39, 0.29) is 16.4 Å². The highest BCUT2D eigenvalue weighted by molar-refractivity contribution is 7.90. The van der Waals surface area contributed by atoms with Crippen LogP contribution >= 0.6 is 0 Å². The fraction of sp³-hybridized carbons (Fsp3) is 0.0588. The van der Waals surface area contributed by atoms with E-state index >= 15 is 0 Å². The number of hydrogen-bond acceptors (Lipinski definition) is 7. The Morgan fingerprint density at radius 1 is 1.07 bits per heavy atom. The van der Waals surface area contributed by atoms with Crippen molar-refractivity contribution in [3.05, 3.63) is 54.2 Å². The van der Waals surface area contributed by atoms with Crippen molar-refractivity contribution in [1.29, 1.82) is 0 Å². The number of nitrogens with zero attached hydrogens (tertiary/aromatic N) is 5. The molecular formula is C17H15N7O3S. The maximum atomic E-state index is 13.4. The van der Waals surface area contributed by atoms with Gasteiger partial charge in [-0.05, 0) is 35.4 Å². The summed E-state index contributed by atoms with van der Waals surface area (Å²) in [5, 5.41) is 15.7. The molecule has 11 heteroatoms. The number of nitrogens with two attached hydrogens (primary N) is 2. The molecule has 0 radical (unpaired) electrons. The van der Waals surface area contributed by atoms with Crippen molar-refractivity contribution in [2.24, 2.45) is 21.7 Å². The van der Waals surface area contributed by atoms with Crippen LogP contribution in [0.25, 0.3) is 21.9 Å². The molecule has 28 heavy (non-hydrogen) atoms. The molecule has 0 saturated carbocycles. The zero-order chi connectivity index (χ0) is 19.9. The zero-order valence-corrected chi connectivity index (χ0v) is 15.5. The van der Waals surface area contributed by atoms with Crippen molar-refractivity contribution in [2.75, 3.05) is 0 Å². The van der Waals surface area contributed by atoms with Crippen LogP contribution in [0.3, 0.4) is 0 Å². The lowest BCUT2D eigenvalue weighted by Gasteiger charge is -2.07. The predicted octanol–water partition coefficient (Wildman–Crippen LogP) is 1.41. The van der Waals surface area contributed by atoms with Crippen LogP contribution in [-0.4, -0.2) is 34.4 Å². The van der Waals surface area contributed by atoms with Gasteiger partial charge in [-0.2, -0.15) is 5.10 Å². The van der Waals surface area contributed by atoms with Gasteiger partial charge in [0.25, 0.3) is 10.0 Å². The third-order valence-electron chi connectivity index (χ3n) is 4.17. The number of fused-ring (bicyclic) bond motifs is 2. The molecule has 0 amide bonds. The Bertz CT molecular complexity index is 1360. The van der Waals surface area contributed by atoms with Crippen LogP contribution in [0.2, 0.25) is 0 Å². The van der Waals surface area contributed by atoms with Gasteiger partial charge < -0.3 is 11.5 Å². The van der Waals surface area contributed by atoms with E-state index < -0.39 is 10.0 Å². The van der Waals surface area contributed by atoms with Crippen LogP contribution in [0.4, 0.5) is 0 Å². The van der Waals surface area contributed by atoms with E-state index in [9.17, 15) is 8.42 Å². The first kappa shape index (κ1) is 17.7. The average molecular weight is 397 g/mol. The highest BCUT2D eigenvalue weighted by Crippen LogP contribution is 2.29. The van der Waals surface area contributed by atoms with Gasteiger partial charge in [-0.25, -0.2) is 17.0 Å². The molecule has 0 fully saturated rings. The van der Waals surface area contributed by atoms with Gasteiger partial charge in [0.2, 0.25) is 5.96 Å². The number of benzene rings is 2. The van der Waals surface area contributed by atoms with E-state index in [1.807, 2.05) is 0 Å². The molecule has 0 aliphatic carbocycles. The summed E-state index contributed by atoms with van der Waals surface area (Å²) in [6.07, 6.45) is 1.48. The Balaban J connectivity index is 1.98. The van der Waals surface area contributed by atoms with Crippen molar-refractivity contribution in [2.45, 2.75) is 11.8 Å². The van der Waals surface area contributed by atoms with Gasteiger partial charge in [0, 0.05) is 17.1 Å². The van der Waals surface area contributed by atoms with E-state index in [1.165, 1.54) is 16.2 Å². The summed E-state index contributed by atoms with van der Waals surface area (Å²) in [5.74, 6) is -0.194. The second-order valence-electron chi connectivity index (χ2n) is 5.96. The molecule has 0 saturated heterocycles. The van der Waals surface area contributed by atoms with Crippen LogP contribution in [0.1, 0.15) is 12.5 Å². The monoisotopic (exact) mass is 397 g/mol. The molecular weight excluding hydrogens is 382 g/mol. The fourth-order valence-corrected chi connectivity index (χ4v) is 4.43. The minimum Gasteiger partial charge on any atom is -0.369 e. The second-order valence-corrected chi connectivity index (χ2v) is 7.74. The maximum Gasteiger partial charge on any atom is 0.270 e. The van der Waals surface area contributed by atoms with Crippen molar-refractivity contribution in [3.8, 4) is 0 Å². The lowest BCUT2D eigenvalue weighted by Crippen LogP contribution is -2.22. The molecule has 0 atom stereocenters. The van der Waals surface area contributed by atoms with Gasteiger partial charge in [-0.3, -0.25) is 0 Å². The van der Waals surface area contributed by atoms with Gasteiger partial charge in [-0.1, -0.05) is 24.3 Å². The summed E-state index contributed by atoms with van der Waals surface area (Å²) in [4.78, 5) is -0.0163. The van der Waals surface area contributed by atoms with Crippen molar-refractivity contribution in [3.63, 3.8) is 0 Å². The first-order valence-electron chi connectivity index (χ1n) is 8.10. The van der Waals surface area contributed by atoms with Gasteiger partial charge in [0.15, 0.2) is 5.52 Å². The molecule has 142 valence electrons. The minimum absolute atomic E-state index is 0.0163. The van der Waals surface area contributed by atoms with Crippen LogP contribution in [0.15, 0.2) is 68.4 Å². The molecule has 10 nitrogen and oxygen atoms in total. The van der Waals surface area contributed by atoms with Crippen LogP contribution < -0.4 is 11.5 Å². The third-order valence-corrected chi connectivity index (χ3v) is 5.87. The topological polar surface area (TPSA) is 155 Å². The summed E-state index contributed by atoms with van der Waals surface area (Å²) in [6, 6.07) is 11.7. The number of hydrogen-bond donors (Lipinski definition) is 2. The molecule has 0 unspecified atom stereocenters. The molecule has 0 bridgehead atoms. The van der Waals surface area contributed by atoms with Crippen LogP contribution in [0.5, 0.6) is 0 Å². The molecule has 4 aromatic rings. The number of guanidine groups is 1. The standard InChI is InChI=1S/C17H15N7O3S/c1-10(20-21-17(18)19)12-9-24(14-7-3-2-5-11(12)14)28(25,26)15-8-4-6-13-16(15)23-27-22-13/h2-9H,1H3,(H4,18,19,21)/b20-10-. The number of rotatable bonds is 4. The van der Waals surface area contributed by atoms with Gasteiger partial charge in [0.05, 0.1) is 11.2 Å². The number of aromatic nitrogens is 3. The van der Waals surface area contributed by atoms with E-state index in [2.05, 4.69) is 20.5 Å². The summed E-state index contributed by atoms with van der Waals surface area (Å²) < 4.78 is 32.7. The second kappa shape index (κ2) is 6.46. The summed E-state index contributed by atoms with van der Waals surface area (Å²) in [7, 11) is -3.99. The van der Waals surface area contributed by atoms with Crippen LogP contribution in [0, 0.1) is 0 Å². The Morgan fingerprint density at radius 2 is 1.86 bits per heavy atom. The van der Waals surface area contributed by atoms with E-state index in [0.717, 1.165) is 0 Å². The summed E-state index contributed by atoms with van der Waals surface area (Å²) in [5.41, 5.74) is 12.7. The van der Waals surface area contributed by atoms with E-state index in [4.69, 9.17) is 16.1 Å². The highest BCUT2D eigenvalue weighted by atomic mass is 32.2. The summed E-state index contributed by atoms with van der Waals surface area (Å²) in [6.45, 7) is 1.69. The fourth-order valence-electron chi connectivity index (χ4n) is 2.92. The lowest BCUT2D eigenvalue weighted by molar-refractivity contribution is 0.315. The van der Waals surface area contributed by atoms with Crippen molar-refractivity contribution in [1.82, 2.24) is 14.3 Å². The zero-order valence-electron chi connectivity index (χ0n) is 14.6. The summed E-state index contributed by atoms with van der Waals surface area (Å²) >= 11 is 0. The predicted molar refractivity (Wildman–Crippen MR) is 104 cm³/mol. The van der Waals surface area contributed by atoms with Gasteiger partial charge in [0.1, 0.15) is 10.4 Å². The van der Waals surface area contributed by atoms with E-state index in [1.54, 1.807) is 43.3 Å². The van der Waals surface area contributed by atoms with Gasteiger partial charge in [-0.15, -0.1) is 5.10 Å². The van der Waals surface area contributed by atoms with Crippen LogP contribution in [-0.2, 0) is 10.0 Å². The molecule has 0 spiro atoms. The Labute approximate surface area is 159 Å². The minimum atomic E-state index is -3.99. The smallest absolute Gasteiger partial charge is 0.270 e. The Hall–Kier alpha value is -3.73. The first-order chi connectivity index (χ1) is 13.4. The SMILES string of the molecule is C/C(=N/N=C(N)N)c1cn(S(=O)(=O)c2cccc3nonc23)c2ccccc12. The Kier molecular flexibility index (Phi) is 4.08. The Morgan fingerprint density at radius 3 is 2.64 bits per heavy atom. The highest BCUT2D eigenvalue weighted by Gasteiger charge is 2.25.